The number of nitrogens with one attached hydrogen (secondary N) is 1. The molecule has 1 heterocycles. The summed E-state index contributed by atoms with van der Waals surface area (Å²) < 4.78 is 2.13. The molecular formula is C19H29N5. The van der Waals surface area contributed by atoms with Crippen LogP contribution in [-0.2, 0) is 26.7 Å². The van der Waals surface area contributed by atoms with Crippen LogP contribution in [0.15, 0.2) is 47.6 Å². The highest BCUT2D eigenvalue weighted by atomic mass is 15.3. The molecule has 0 bridgehead atoms. The average Bonchev–Trinajstić information content (AvgIpc) is 2.93. The highest BCUT2D eigenvalue weighted by Crippen LogP contribution is 2.08. The molecule has 0 radical (unpaired) electrons. The van der Waals surface area contributed by atoms with E-state index < -0.39 is 0 Å². The Bertz CT molecular complexity index is 672. The normalized spacial score (nSPS) is 11.8. The molecular weight excluding hydrogens is 298 g/mol. The van der Waals surface area contributed by atoms with Crippen molar-refractivity contribution in [1.29, 1.82) is 0 Å². The van der Waals surface area contributed by atoms with E-state index in [1.54, 1.807) is 0 Å². The van der Waals surface area contributed by atoms with Crippen LogP contribution in [0.2, 0.25) is 0 Å². The topological polar surface area (TPSA) is 35.8 Å². The molecule has 1 aromatic carbocycles. The Hall–Kier alpha value is -2.27. The molecule has 0 amide bonds. The molecule has 0 spiro atoms. The van der Waals surface area contributed by atoms with Crippen LogP contribution in [0.4, 0.5) is 0 Å². The Morgan fingerprint density at radius 2 is 1.83 bits per heavy atom. The summed E-state index contributed by atoms with van der Waals surface area (Å²) in [5, 5.41) is 3.45. The van der Waals surface area contributed by atoms with E-state index in [0.717, 1.165) is 25.6 Å². The smallest absolute Gasteiger partial charge is 0.194 e. The van der Waals surface area contributed by atoms with Gasteiger partial charge in [0.1, 0.15) is 0 Å². The van der Waals surface area contributed by atoms with Crippen molar-refractivity contribution >= 4 is 5.96 Å². The number of benzene rings is 1. The second-order valence-electron chi connectivity index (χ2n) is 6.42. The summed E-state index contributed by atoms with van der Waals surface area (Å²) >= 11 is 0. The summed E-state index contributed by atoms with van der Waals surface area (Å²) in [7, 11) is 10.1. The minimum absolute atomic E-state index is 0.769. The lowest BCUT2D eigenvalue weighted by Crippen LogP contribution is -2.38. The van der Waals surface area contributed by atoms with Gasteiger partial charge in [-0.15, -0.1) is 0 Å². The number of hydrogen-bond acceptors (Lipinski definition) is 2. The zero-order chi connectivity index (χ0) is 17.5. The zero-order valence-electron chi connectivity index (χ0n) is 15.5. The number of nitrogens with zero attached hydrogens (tertiary/aromatic N) is 4. The first-order valence-corrected chi connectivity index (χ1v) is 8.24. The zero-order valence-corrected chi connectivity index (χ0v) is 15.5. The molecule has 0 unspecified atom stereocenters. The molecule has 2 aromatic rings. The fourth-order valence-corrected chi connectivity index (χ4v) is 2.75. The molecule has 0 aliphatic carbocycles. The van der Waals surface area contributed by atoms with Gasteiger partial charge in [-0.3, -0.25) is 4.99 Å². The van der Waals surface area contributed by atoms with Gasteiger partial charge < -0.3 is 19.7 Å². The van der Waals surface area contributed by atoms with E-state index in [-0.39, 0.29) is 0 Å². The molecule has 0 aliphatic rings. The molecule has 0 saturated carbocycles. The largest absolute Gasteiger partial charge is 0.353 e. The number of aromatic nitrogens is 1. The lowest BCUT2D eigenvalue weighted by atomic mass is 10.1. The molecule has 0 saturated heterocycles. The third-order valence-corrected chi connectivity index (χ3v) is 3.96. The maximum atomic E-state index is 4.40. The van der Waals surface area contributed by atoms with Crippen molar-refractivity contribution in [3.05, 3.63) is 59.4 Å². The second kappa shape index (κ2) is 8.55. The summed E-state index contributed by atoms with van der Waals surface area (Å²) in [4.78, 5) is 8.72. The van der Waals surface area contributed by atoms with Crippen LogP contribution in [-0.4, -0.2) is 48.5 Å². The van der Waals surface area contributed by atoms with E-state index in [2.05, 4.69) is 95.5 Å². The number of hydrogen-bond donors (Lipinski definition) is 1. The molecule has 1 aromatic heterocycles. The number of guanidine groups is 1. The number of aliphatic imine (C=N–C) groups is 1. The van der Waals surface area contributed by atoms with Crippen molar-refractivity contribution in [2.75, 3.05) is 28.2 Å². The fraction of sp³-hybridized carbons (Fsp3) is 0.421. The molecule has 24 heavy (non-hydrogen) atoms. The van der Waals surface area contributed by atoms with Crippen LogP contribution in [0.3, 0.4) is 0 Å². The number of aryl methyl sites for hydroxylation is 1. The van der Waals surface area contributed by atoms with E-state index >= 15 is 0 Å². The van der Waals surface area contributed by atoms with Crippen molar-refractivity contribution in [3.8, 4) is 0 Å². The first-order valence-electron chi connectivity index (χ1n) is 8.24. The van der Waals surface area contributed by atoms with Gasteiger partial charge in [0.05, 0.1) is 6.54 Å². The quantitative estimate of drug-likeness (QED) is 0.653. The summed E-state index contributed by atoms with van der Waals surface area (Å²) in [6.45, 7) is 2.55. The summed E-state index contributed by atoms with van der Waals surface area (Å²) in [6.07, 6.45) is 2.07. The van der Waals surface area contributed by atoms with Gasteiger partial charge in [-0.1, -0.05) is 24.3 Å². The average molecular weight is 327 g/mol. The SMILES string of the molecule is CN=C(NCc1cccc(CN(C)C)c1)N(C)Cc1cccn1C. The predicted octanol–water partition coefficient (Wildman–Crippen LogP) is 2.29. The molecule has 0 atom stereocenters. The van der Waals surface area contributed by atoms with Gasteiger partial charge in [-0.05, 0) is 37.4 Å². The standard InChI is InChI=1S/C19H29N5/c1-20-19(24(5)15-18-10-7-11-23(18)4)21-13-16-8-6-9-17(12-16)14-22(2)3/h6-12H,13-15H2,1-5H3,(H,20,21). The summed E-state index contributed by atoms with van der Waals surface area (Å²) in [5.74, 6) is 0.897. The van der Waals surface area contributed by atoms with Crippen LogP contribution >= 0.6 is 0 Å². The minimum Gasteiger partial charge on any atom is -0.353 e. The minimum atomic E-state index is 0.769. The third-order valence-electron chi connectivity index (χ3n) is 3.96. The lowest BCUT2D eigenvalue weighted by molar-refractivity contribution is 0.402. The molecule has 5 nitrogen and oxygen atoms in total. The van der Waals surface area contributed by atoms with Crippen molar-refractivity contribution < 1.29 is 0 Å². The van der Waals surface area contributed by atoms with Gasteiger partial charge in [0.2, 0.25) is 0 Å². The van der Waals surface area contributed by atoms with Crippen molar-refractivity contribution in [3.63, 3.8) is 0 Å². The van der Waals surface area contributed by atoms with Gasteiger partial charge in [0.25, 0.3) is 0 Å². The molecule has 2 rings (SSSR count). The van der Waals surface area contributed by atoms with Crippen LogP contribution in [0.5, 0.6) is 0 Å². The van der Waals surface area contributed by atoms with E-state index in [0.29, 0.717) is 0 Å². The lowest BCUT2D eigenvalue weighted by Gasteiger charge is -2.22. The Kier molecular flexibility index (Phi) is 6.44. The predicted molar refractivity (Wildman–Crippen MR) is 101 cm³/mol. The monoisotopic (exact) mass is 327 g/mol. The third kappa shape index (κ3) is 5.13. The maximum absolute atomic E-state index is 4.40. The molecule has 5 heteroatoms. The molecule has 1 N–H and O–H groups in total. The molecule has 0 aliphatic heterocycles. The van der Waals surface area contributed by atoms with Crippen molar-refractivity contribution in [1.82, 2.24) is 19.7 Å². The van der Waals surface area contributed by atoms with Gasteiger partial charge in [0.15, 0.2) is 5.96 Å². The Morgan fingerprint density at radius 1 is 1.08 bits per heavy atom. The van der Waals surface area contributed by atoms with Crippen molar-refractivity contribution in [2.45, 2.75) is 19.6 Å². The second-order valence-corrected chi connectivity index (χ2v) is 6.42. The summed E-state index contributed by atoms with van der Waals surface area (Å²) in [5.41, 5.74) is 3.85. The Labute approximate surface area is 145 Å². The van der Waals surface area contributed by atoms with Crippen LogP contribution in [0.25, 0.3) is 0 Å². The van der Waals surface area contributed by atoms with Crippen LogP contribution in [0, 0.1) is 0 Å². The van der Waals surface area contributed by atoms with Crippen molar-refractivity contribution in [2.24, 2.45) is 12.0 Å². The number of rotatable bonds is 6. The van der Waals surface area contributed by atoms with E-state index in [1.165, 1.54) is 16.8 Å². The Balaban J connectivity index is 1.95. The molecule has 130 valence electrons. The van der Waals surface area contributed by atoms with E-state index in [1.807, 2.05) is 7.05 Å². The van der Waals surface area contributed by atoms with Gasteiger partial charge in [0, 0.05) is 46.1 Å². The highest BCUT2D eigenvalue weighted by molar-refractivity contribution is 5.79. The van der Waals surface area contributed by atoms with Gasteiger partial charge >= 0.3 is 0 Å². The maximum Gasteiger partial charge on any atom is 0.194 e. The van der Waals surface area contributed by atoms with Gasteiger partial charge in [-0.2, -0.15) is 0 Å². The van der Waals surface area contributed by atoms with Gasteiger partial charge in [-0.25, -0.2) is 0 Å². The molecule has 0 fully saturated rings. The fourth-order valence-electron chi connectivity index (χ4n) is 2.75. The first kappa shape index (κ1) is 18.1. The first-order chi connectivity index (χ1) is 11.5. The summed E-state index contributed by atoms with van der Waals surface area (Å²) in [6, 6.07) is 12.9. The van der Waals surface area contributed by atoms with Crippen LogP contribution in [0.1, 0.15) is 16.8 Å². The van der Waals surface area contributed by atoms with E-state index in [9.17, 15) is 0 Å². The Morgan fingerprint density at radius 3 is 2.46 bits per heavy atom. The highest BCUT2D eigenvalue weighted by Gasteiger charge is 2.08. The van der Waals surface area contributed by atoms with Crippen LogP contribution < -0.4 is 5.32 Å². The van der Waals surface area contributed by atoms with E-state index in [4.69, 9.17) is 0 Å².